The maximum Gasteiger partial charge on any atom is 0.0493 e. The molecule has 0 amide bonds. The molecule has 10 aromatic carbocycles. The SMILES string of the molecule is C1=CC2=C(CC1)CCC1=C(C=CCC1)N2c1ccc2c(-c3ccccc3-c3ccc4ccccc4c3)c3cc(N4C5=C(CCC=C5)CCc5ccccc54)ccc3c(-c3ccccc3-c3ccc4ccccc4c3)c2c1. The van der Waals surface area contributed by atoms with Crippen molar-refractivity contribution < 1.29 is 0 Å². The van der Waals surface area contributed by atoms with Gasteiger partial charge in [0.2, 0.25) is 0 Å². The molecule has 0 saturated carbocycles. The first-order valence-corrected chi connectivity index (χ1v) is 27.7. The summed E-state index contributed by atoms with van der Waals surface area (Å²) in [6.07, 6.45) is 25.4. The molecule has 0 fully saturated rings. The minimum absolute atomic E-state index is 1.04. The van der Waals surface area contributed by atoms with E-state index in [1.165, 1.54) is 127 Å². The van der Waals surface area contributed by atoms with Crippen LogP contribution in [-0.2, 0) is 6.42 Å². The first kappa shape index (κ1) is 44.7. The van der Waals surface area contributed by atoms with Crippen LogP contribution in [0.15, 0.2) is 264 Å². The van der Waals surface area contributed by atoms with Crippen molar-refractivity contribution in [1.82, 2.24) is 0 Å². The topological polar surface area (TPSA) is 6.48 Å². The molecule has 0 aromatic heterocycles. The Balaban J connectivity index is 1.08. The van der Waals surface area contributed by atoms with Crippen molar-refractivity contribution in [2.24, 2.45) is 0 Å². The largest absolute Gasteiger partial charge is 0.311 e. The Morgan fingerprint density at radius 1 is 0.289 bits per heavy atom. The number of aryl methyl sites for hydroxylation is 1. The lowest BCUT2D eigenvalue weighted by atomic mass is 9.81. The number of hydrogen-bond acceptors (Lipinski definition) is 2. The monoisotopic (exact) mass is 974 g/mol. The number of hydrogen-bond donors (Lipinski definition) is 0. The zero-order valence-corrected chi connectivity index (χ0v) is 42.9. The van der Waals surface area contributed by atoms with Gasteiger partial charge in [0, 0.05) is 34.2 Å². The van der Waals surface area contributed by atoms with E-state index < -0.39 is 0 Å². The standard InChI is InChI=1S/C74H58N2/c1-3-23-55-45-57(39-33-49(55)17-1)61-25-9-11-27-63(61)73-65-43-41-60(76-71-31-15-7-21-53(71)37-38-54-22-8-16-32-72(54)76)48-68(65)74(64-28-12-10-26-62(64)58-40-34-50-18-2-4-24-56(50)46-58)66-44-42-59(47-67(66)73)75-69-29-13-5-19-51(69)35-36-52-20-6-14-30-70(52)75/h1-5,9-19,23-34,39-48H,6-8,20-22,35-38H2. The van der Waals surface area contributed by atoms with E-state index in [1.54, 1.807) is 16.7 Å². The Labute approximate surface area is 446 Å². The second-order valence-corrected chi connectivity index (χ2v) is 21.5. The molecule has 2 heterocycles. The van der Waals surface area contributed by atoms with Crippen LogP contribution < -0.4 is 9.80 Å². The average Bonchev–Trinajstić information content (AvgIpc) is 3.85. The van der Waals surface area contributed by atoms with E-state index in [4.69, 9.17) is 0 Å². The lowest BCUT2D eigenvalue weighted by Crippen LogP contribution is -2.23. The lowest BCUT2D eigenvalue weighted by Gasteiger charge is -2.32. The molecule has 0 radical (unpaired) electrons. The van der Waals surface area contributed by atoms with Crippen LogP contribution in [0.3, 0.4) is 0 Å². The lowest BCUT2D eigenvalue weighted by molar-refractivity contribution is 0.792. The number of fused-ring (bicyclic) bond motifs is 5. The van der Waals surface area contributed by atoms with Crippen LogP contribution in [0, 0.1) is 0 Å². The highest BCUT2D eigenvalue weighted by atomic mass is 15.2. The fraction of sp³-hybridized carbons (Fsp3) is 0.135. The Hall–Kier alpha value is -8.72. The van der Waals surface area contributed by atoms with Gasteiger partial charge in [-0.05, 0) is 235 Å². The average molecular weight is 975 g/mol. The third-order valence-corrected chi connectivity index (χ3v) is 17.2. The van der Waals surface area contributed by atoms with Gasteiger partial charge < -0.3 is 9.80 Å². The predicted molar refractivity (Wildman–Crippen MR) is 323 cm³/mol. The van der Waals surface area contributed by atoms with Gasteiger partial charge in [-0.1, -0.05) is 170 Å². The van der Waals surface area contributed by atoms with Gasteiger partial charge in [0.1, 0.15) is 0 Å². The van der Waals surface area contributed by atoms with E-state index >= 15 is 0 Å². The predicted octanol–water partition coefficient (Wildman–Crippen LogP) is 20.5. The van der Waals surface area contributed by atoms with Crippen LogP contribution >= 0.6 is 0 Å². The molecule has 15 rings (SSSR count). The smallest absolute Gasteiger partial charge is 0.0493 e. The van der Waals surface area contributed by atoms with Gasteiger partial charge in [0.15, 0.2) is 0 Å². The normalized spacial score (nSPS) is 16.3. The Kier molecular flexibility index (Phi) is 10.9. The minimum Gasteiger partial charge on any atom is -0.311 e. The van der Waals surface area contributed by atoms with Crippen molar-refractivity contribution in [3.8, 4) is 44.5 Å². The molecule has 2 heteroatoms. The summed E-state index contributed by atoms with van der Waals surface area (Å²) in [4.78, 5) is 5.23. The summed E-state index contributed by atoms with van der Waals surface area (Å²) >= 11 is 0. The van der Waals surface area contributed by atoms with Crippen molar-refractivity contribution in [2.45, 2.75) is 64.2 Å². The molecule has 0 spiro atoms. The van der Waals surface area contributed by atoms with E-state index in [-0.39, 0.29) is 0 Å². The molecular weight excluding hydrogens is 917 g/mol. The number of benzene rings is 10. The third kappa shape index (κ3) is 7.53. The Morgan fingerprint density at radius 3 is 1.24 bits per heavy atom. The fourth-order valence-corrected chi connectivity index (χ4v) is 13.6. The van der Waals surface area contributed by atoms with Crippen molar-refractivity contribution >= 4 is 60.2 Å². The van der Waals surface area contributed by atoms with Crippen LogP contribution in [0.1, 0.15) is 63.4 Å². The summed E-state index contributed by atoms with van der Waals surface area (Å²) < 4.78 is 0. The van der Waals surface area contributed by atoms with Gasteiger partial charge in [-0.15, -0.1) is 0 Å². The molecule has 2 nitrogen and oxygen atoms in total. The number of anilines is 3. The van der Waals surface area contributed by atoms with Crippen LogP contribution in [0.5, 0.6) is 0 Å². The van der Waals surface area contributed by atoms with Crippen molar-refractivity contribution in [2.75, 3.05) is 9.80 Å². The van der Waals surface area contributed by atoms with E-state index in [2.05, 4.69) is 240 Å². The van der Waals surface area contributed by atoms with E-state index in [9.17, 15) is 0 Å². The molecule has 0 saturated heterocycles. The van der Waals surface area contributed by atoms with Crippen LogP contribution in [-0.4, -0.2) is 0 Å². The molecule has 3 aliphatic carbocycles. The van der Waals surface area contributed by atoms with Crippen molar-refractivity contribution in [3.63, 3.8) is 0 Å². The summed E-state index contributed by atoms with van der Waals surface area (Å²) in [5.41, 5.74) is 23.7. The Morgan fingerprint density at radius 2 is 0.711 bits per heavy atom. The second kappa shape index (κ2) is 18.6. The Bertz CT molecular complexity index is 4200. The van der Waals surface area contributed by atoms with E-state index in [0.29, 0.717) is 0 Å². The van der Waals surface area contributed by atoms with Gasteiger partial charge in [-0.3, -0.25) is 0 Å². The molecule has 0 unspecified atom stereocenters. The molecule has 5 aliphatic rings. The zero-order valence-electron chi connectivity index (χ0n) is 42.9. The number of nitrogens with zero attached hydrogens (tertiary/aromatic N) is 2. The van der Waals surface area contributed by atoms with Gasteiger partial charge in [0.05, 0.1) is 0 Å². The molecule has 2 aliphatic heterocycles. The molecular formula is C74H58N2. The third-order valence-electron chi connectivity index (χ3n) is 17.2. The van der Waals surface area contributed by atoms with Crippen molar-refractivity contribution in [3.05, 3.63) is 270 Å². The summed E-state index contributed by atoms with van der Waals surface area (Å²) in [6.45, 7) is 0. The molecule has 76 heavy (non-hydrogen) atoms. The van der Waals surface area contributed by atoms with Gasteiger partial charge in [-0.2, -0.15) is 0 Å². The van der Waals surface area contributed by atoms with Crippen LogP contribution in [0.4, 0.5) is 17.1 Å². The second-order valence-electron chi connectivity index (χ2n) is 21.5. The maximum atomic E-state index is 2.64. The first-order valence-electron chi connectivity index (χ1n) is 27.7. The molecule has 364 valence electrons. The molecule has 0 bridgehead atoms. The molecule has 0 N–H and O–H groups in total. The summed E-state index contributed by atoms with van der Waals surface area (Å²) in [5, 5.41) is 9.98. The first-order chi connectivity index (χ1) is 37.7. The van der Waals surface area contributed by atoms with Gasteiger partial charge in [0.25, 0.3) is 0 Å². The molecule has 10 aromatic rings. The maximum absolute atomic E-state index is 2.64. The summed E-state index contributed by atoms with van der Waals surface area (Å²) in [6, 6.07) is 74.0. The number of allylic oxidation sites excluding steroid dienone is 9. The van der Waals surface area contributed by atoms with E-state index in [1.807, 2.05) is 0 Å². The minimum atomic E-state index is 1.04. The fourth-order valence-electron chi connectivity index (χ4n) is 13.6. The highest BCUT2D eigenvalue weighted by molar-refractivity contribution is 6.24. The zero-order chi connectivity index (χ0) is 50.1. The van der Waals surface area contributed by atoms with Gasteiger partial charge in [-0.25, -0.2) is 0 Å². The summed E-state index contributed by atoms with van der Waals surface area (Å²) in [7, 11) is 0. The molecule has 0 atom stereocenters. The highest BCUT2D eigenvalue weighted by Crippen LogP contribution is 2.52. The highest BCUT2D eigenvalue weighted by Gasteiger charge is 2.30. The van der Waals surface area contributed by atoms with Crippen LogP contribution in [0.25, 0.3) is 87.6 Å². The summed E-state index contributed by atoms with van der Waals surface area (Å²) in [5.74, 6) is 0. The quantitative estimate of drug-likeness (QED) is 0.153. The van der Waals surface area contributed by atoms with Gasteiger partial charge >= 0.3 is 0 Å². The number of para-hydroxylation sites is 1. The van der Waals surface area contributed by atoms with Crippen LogP contribution in [0.2, 0.25) is 0 Å². The van der Waals surface area contributed by atoms with E-state index in [0.717, 1.165) is 64.2 Å². The number of rotatable bonds is 6. The van der Waals surface area contributed by atoms with Crippen molar-refractivity contribution in [1.29, 1.82) is 0 Å².